The molecule has 1 saturated heterocycles. The molecule has 0 bridgehead atoms. The van der Waals surface area contributed by atoms with E-state index >= 15 is 0 Å². The normalized spacial score (nSPS) is 19.1. The average Bonchev–Trinajstić information content (AvgIpc) is 2.98. The van der Waals surface area contributed by atoms with Crippen LogP contribution in [0.5, 0.6) is 0 Å². The van der Waals surface area contributed by atoms with Crippen LogP contribution in [0.1, 0.15) is 16.8 Å². The minimum atomic E-state index is -1.04. The van der Waals surface area contributed by atoms with Crippen molar-refractivity contribution < 1.29 is 14.6 Å². The Morgan fingerprint density at radius 3 is 3.05 bits per heavy atom. The number of aromatic carboxylic acids is 1. The molecule has 1 aliphatic heterocycles. The van der Waals surface area contributed by atoms with Crippen LogP contribution in [-0.2, 0) is 11.3 Å². The topological polar surface area (TPSA) is 84.3 Å². The second-order valence-electron chi connectivity index (χ2n) is 4.78. The smallest absolute Gasteiger partial charge is 0.337 e. The molecule has 1 aromatic carbocycles. The zero-order valence-electron chi connectivity index (χ0n) is 10.3. The molecule has 6 nitrogen and oxygen atoms in total. The summed E-state index contributed by atoms with van der Waals surface area (Å²) >= 11 is 0. The highest BCUT2D eigenvalue weighted by molar-refractivity contribution is 6.00. The molecular weight excluding hydrogens is 248 g/mol. The number of aromatic amines is 1. The number of para-hydroxylation sites is 1. The molecule has 6 heteroatoms. The monoisotopic (exact) mass is 262 g/mol. The number of H-pyrrole nitrogens is 1. The first-order valence-corrected chi connectivity index (χ1v) is 6.19. The van der Waals surface area contributed by atoms with Gasteiger partial charge in [0.2, 0.25) is 0 Å². The fourth-order valence-electron chi connectivity index (χ4n) is 2.53. The molecule has 2 heterocycles. The van der Waals surface area contributed by atoms with Crippen LogP contribution in [0.25, 0.3) is 11.0 Å². The summed E-state index contributed by atoms with van der Waals surface area (Å²) in [5.41, 5.74) is 0.877. The van der Waals surface area contributed by atoms with Gasteiger partial charge in [-0.1, -0.05) is 6.07 Å². The van der Waals surface area contributed by atoms with Crippen LogP contribution in [0.15, 0.2) is 23.0 Å². The Balaban J connectivity index is 2.09. The van der Waals surface area contributed by atoms with Crippen LogP contribution < -0.4 is 5.69 Å². The zero-order valence-corrected chi connectivity index (χ0v) is 10.3. The number of carboxylic acids is 1. The Bertz CT molecular complexity index is 679. The second-order valence-corrected chi connectivity index (χ2v) is 4.78. The summed E-state index contributed by atoms with van der Waals surface area (Å²) in [5, 5.41) is 9.12. The number of fused-ring (bicyclic) bond motifs is 1. The summed E-state index contributed by atoms with van der Waals surface area (Å²) < 4.78 is 6.90. The lowest BCUT2D eigenvalue weighted by atomic mass is 10.1. The van der Waals surface area contributed by atoms with Gasteiger partial charge in [0.25, 0.3) is 0 Å². The molecule has 1 unspecified atom stereocenters. The molecule has 3 rings (SSSR count). The first-order chi connectivity index (χ1) is 9.16. The minimum Gasteiger partial charge on any atom is -0.478 e. The Hall–Kier alpha value is -2.08. The fourth-order valence-corrected chi connectivity index (χ4v) is 2.53. The average molecular weight is 262 g/mol. The molecule has 2 aromatic rings. The third kappa shape index (κ3) is 2.04. The molecular formula is C13H14N2O4. The second kappa shape index (κ2) is 4.55. The van der Waals surface area contributed by atoms with Gasteiger partial charge in [0.05, 0.1) is 23.2 Å². The number of imidazole rings is 1. The van der Waals surface area contributed by atoms with E-state index in [9.17, 15) is 9.59 Å². The third-order valence-corrected chi connectivity index (χ3v) is 3.51. The summed E-state index contributed by atoms with van der Waals surface area (Å²) in [4.78, 5) is 25.7. The van der Waals surface area contributed by atoms with Crippen LogP contribution in [0.4, 0.5) is 0 Å². The van der Waals surface area contributed by atoms with Crippen LogP contribution in [0.3, 0.4) is 0 Å². The molecule has 1 fully saturated rings. The molecule has 0 aliphatic carbocycles. The van der Waals surface area contributed by atoms with Crippen molar-refractivity contribution in [3.05, 3.63) is 34.2 Å². The highest BCUT2D eigenvalue weighted by atomic mass is 16.5. The van der Waals surface area contributed by atoms with Crippen molar-refractivity contribution in [3.8, 4) is 0 Å². The van der Waals surface area contributed by atoms with Crippen molar-refractivity contribution >= 4 is 17.0 Å². The number of hydrogen-bond donors (Lipinski definition) is 2. The number of carboxylic acid groups (broad SMARTS) is 1. The fraction of sp³-hybridized carbons (Fsp3) is 0.385. The van der Waals surface area contributed by atoms with Gasteiger partial charge in [-0.2, -0.15) is 0 Å². The largest absolute Gasteiger partial charge is 0.478 e. The summed E-state index contributed by atoms with van der Waals surface area (Å²) in [6.07, 6.45) is 0.928. The number of rotatable bonds is 3. The van der Waals surface area contributed by atoms with Crippen LogP contribution >= 0.6 is 0 Å². The molecule has 0 amide bonds. The van der Waals surface area contributed by atoms with E-state index in [-0.39, 0.29) is 11.3 Å². The summed E-state index contributed by atoms with van der Waals surface area (Å²) in [7, 11) is 0. The molecule has 1 aromatic heterocycles. The Morgan fingerprint density at radius 2 is 2.37 bits per heavy atom. The van der Waals surface area contributed by atoms with Crippen molar-refractivity contribution in [3.63, 3.8) is 0 Å². The predicted octanol–water partition coefficient (Wildman–Crippen LogP) is 1.06. The van der Waals surface area contributed by atoms with E-state index in [1.807, 2.05) is 0 Å². The number of nitrogens with one attached hydrogen (secondary N) is 1. The van der Waals surface area contributed by atoms with Crippen molar-refractivity contribution in [2.75, 3.05) is 13.2 Å². The van der Waals surface area contributed by atoms with Gasteiger partial charge < -0.3 is 14.8 Å². The first-order valence-electron chi connectivity index (χ1n) is 6.19. The zero-order chi connectivity index (χ0) is 13.4. The van der Waals surface area contributed by atoms with Gasteiger partial charge in [-0.05, 0) is 18.6 Å². The van der Waals surface area contributed by atoms with Gasteiger partial charge in [-0.25, -0.2) is 9.59 Å². The lowest BCUT2D eigenvalue weighted by Gasteiger charge is -2.08. The van der Waals surface area contributed by atoms with Crippen molar-refractivity contribution in [2.45, 2.75) is 13.0 Å². The molecule has 19 heavy (non-hydrogen) atoms. The molecule has 2 N–H and O–H groups in total. The minimum absolute atomic E-state index is 0.121. The van der Waals surface area contributed by atoms with Gasteiger partial charge in [0.15, 0.2) is 0 Å². The summed E-state index contributed by atoms with van der Waals surface area (Å²) in [6, 6.07) is 4.90. The summed E-state index contributed by atoms with van der Waals surface area (Å²) in [5.74, 6) is -0.728. The molecule has 1 aliphatic rings. The van der Waals surface area contributed by atoms with Gasteiger partial charge in [-0.3, -0.25) is 4.57 Å². The molecule has 0 radical (unpaired) electrons. The number of carbonyl (C=O) groups is 1. The van der Waals surface area contributed by atoms with E-state index in [2.05, 4.69) is 4.98 Å². The number of nitrogens with zero attached hydrogens (tertiary/aromatic N) is 1. The molecule has 1 atom stereocenters. The number of aromatic nitrogens is 2. The van der Waals surface area contributed by atoms with Crippen LogP contribution in [0, 0.1) is 5.92 Å². The highest BCUT2D eigenvalue weighted by Gasteiger charge is 2.20. The Kier molecular flexibility index (Phi) is 2.87. The lowest BCUT2D eigenvalue weighted by Crippen LogP contribution is -2.21. The van der Waals surface area contributed by atoms with E-state index in [1.54, 1.807) is 16.7 Å². The highest BCUT2D eigenvalue weighted by Crippen LogP contribution is 2.19. The van der Waals surface area contributed by atoms with Gasteiger partial charge in [0.1, 0.15) is 0 Å². The van der Waals surface area contributed by atoms with E-state index in [4.69, 9.17) is 9.84 Å². The van der Waals surface area contributed by atoms with E-state index in [0.29, 0.717) is 30.1 Å². The van der Waals surface area contributed by atoms with E-state index in [0.717, 1.165) is 13.0 Å². The first kappa shape index (κ1) is 12.0. The lowest BCUT2D eigenvalue weighted by molar-refractivity contribution is 0.0699. The van der Waals surface area contributed by atoms with Crippen LogP contribution in [0.2, 0.25) is 0 Å². The van der Waals surface area contributed by atoms with Gasteiger partial charge >= 0.3 is 11.7 Å². The standard InChI is InChI=1S/C13H14N2O4/c16-12(17)9-2-1-3-10-11(9)14-13(18)15(10)6-8-4-5-19-7-8/h1-3,8H,4-7H2,(H,14,18)(H,16,17). The van der Waals surface area contributed by atoms with Gasteiger partial charge in [-0.15, -0.1) is 0 Å². The molecule has 0 saturated carbocycles. The number of ether oxygens (including phenoxy) is 1. The molecule has 0 spiro atoms. The number of benzene rings is 1. The van der Waals surface area contributed by atoms with Gasteiger partial charge in [0, 0.05) is 19.1 Å². The maximum absolute atomic E-state index is 12.0. The quantitative estimate of drug-likeness (QED) is 0.866. The van der Waals surface area contributed by atoms with E-state index in [1.165, 1.54) is 6.07 Å². The van der Waals surface area contributed by atoms with Crippen molar-refractivity contribution in [1.29, 1.82) is 0 Å². The van der Waals surface area contributed by atoms with Crippen molar-refractivity contribution in [2.24, 2.45) is 5.92 Å². The van der Waals surface area contributed by atoms with Crippen molar-refractivity contribution in [1.82, 2.24) is 9.55 Å². The maximum Gasteiger partial charge on any atom is 0.337 e. The Labute approximate surface area is 108 Å². The Morgan fingerprint density at radius 1 is 1.53 bits per heavy atom. The number of hydrogen-bond acceptors (Lipinski definition) is 3. The summed E-state index contributed by atoms with van der Waals surface area (Å²) in [6.45, 7) is 1.93. The maximum atomic E-state index is 12.0. The SMILES string of the molecule is O=C(O)c1cccc2c1[nH]c(=O)n2CC1CCOC1. The van der Waals surface area contributed by atoms with Crippen LogP contribution in [-0.4, -0.2) is 33.8 Å². The molecule has 100 valence electrons. The predicted molar refractivity (Wildman–Crippen MR) is 68.4 cm³/mol. The van der Waals surface area contributed by atoms with E-state index < -0.39 is 5.97 Å². The third-order valence-electron chi connectivity index (χ3n) is 3.51.